The Kier molecular flexibility index (Phi) is 5.55. The van der Waals surface area contributed by atoms with Crippen LogP contribution in [0.25, 0.3) is 11.1 Å². The molecule has 1 aromatic carbocycles. The van der Waals surface area contributed by atoms with Crippen LogP contribution in [-0.2, 0) is 11.2 Å². The average molecular weight is 411 g/mol. The maximum Gasteiger partial charge on any atom is 0.411 e. The van der Waals surface area contributed by atoms with Crippen molar-refractivity contribution in [2.24, 2.45) is 0 Å². The number of benzene rings is 1. The van der Waals surface area contributed by atoms with Crippen molar-refractivity contribution >= 4 is 28.8 Å². The van der Waals surface area contributed by atoms with Crippen molar-refractivity contribution in [3.8, 4) is 17.6 Å². The van der Waals surface area contributed by atoms with E-state index in [0.29, 0.717) is 6.54 Å². The van der Waals surface area contributed by atoms with Crippen molar-refractivity contribution in [1.29, 1.82) is 0 Å². The van der Waals surface area contributed by atoms with Crippen LogP contribution in [0.3, 0.4) is 0 Å². The van der Waals surface area contributed by atoms with Gasteiger partial charge in [-0.25, -0.2) is 4.79 Å². The highest BCUT2D eigenvalue weighted by Crippen LogP contribution is 2.34. The number of aromatic amines is 1. The van der Waals surface area contributed by atoms with Crippen LogP contribution >= 0.6 is 11.6 Å². The van der Waals surface area contributed by atoms with Crippen LogP contribution in [-0.4, -0.2) is 36.2 Å². The molecule has 29 heavy (non-hydrogen) atoms. The fraction of sp³-hybridized carbons (Fsp3) is 0.348. The number of nitrogens with zero attached hydrogens (tertiary/aromatic N) is 1. The number of fused-ring (bicyclic) bond motifs is 3. The quantitative estimate of drug-likeness (QED) is 0.791. The highest BCUT2D eigenvalue weighted by molar-refractivity contribution is 6.45. The normalized spacial score (nSPS) is 17.4. The summed E-state index contributed by atoms with van der Waals surface area (Å²) in [7, 11) is 1.64. The zero-order chi connectivity index (χ0) is 20.4. The summed E-state index contributed by atoms with van der Waals surface area (Å²) in [5, 5.41) is 3.05. The van der Waals surface area contributed by atoms with Crippen molar-refractivity contribution in [1.82, 2.24) is 9.88 Å². The Labute approximate surface area is 175 Å². The summed E-state index contributed by atoms with van der Waals surface area (Å²) in [6.07, 6.45) is 4.31. The number of hydrogen-bond acceptors (Lipinski definition) is 3. The van der Waals surface area contributed by atoms with E-state index in [9.17, 15) is 4.79 Å². The predicted octanol–water partition coefficient (Wildman–Crippen LogP) is 3.05. The Balaban J connectivity index is 1.81. The number of rotatable bonds is 3. The largest absolute Gasteiger partial charge is 0.497 e. The summed E-state index contributed by atoms with van der Waals surface area (Å²) in [5.74, 6) is 6.30. The highest BCUT2D eigenvalue weighted by Gasteiger charge is 2.35. The second-order valence-electron chi connectivity index (χ2n) is 7.05. The van der Waals surface area contributed by atoms with Gasteiger partial charge in [0, 0.05) is 27.8 Å². The molecule has 0 radical (unpaired) electrons. The van der Waals surface area contributed by atoms with E-state index >= 15 is 0 Å². The molecule has 0 bridgehead atoms. The molecule has 1 aromatic heterocycles. The maximum absolute atomic E-state index is 12.9. The average Bonchev–Trinajstić information content (AvgIpc) is 3.13. The lowest BCUT2D eigenvalue weighted by Gasteiger charge is -2.35. The van der Waals surface area contributed by atoms with Crippen molar-refractivity contribution in [2.45, 2.75) is 32.2 Å². The van der Waals surface area contributed by atoms with Gasteiger partial charge in [0.1, 0.15) is 11.8 Å². The van der Waals surface area contributed by atoms with Gasteiger partial charge in [-0.3, -0.25) is 4.90 Å². The van der Waals surface area contributed by atoms with E-state index in [2.05, 4.69) is 22.9 Å². The number of halogens is 1. The number of hydrogen-bond donors (Lipinski definition) is 1. The number of amides is 1. The summed E-state index contributed by atoms with van der Waals surface area (Å²) in [6, 6.07) is 7.50. The highest BCUT2D eigenvalue weighted by atomic mass is 35.5. The molecule has 2 aromatic rings. The number of carbonyl (C=O) groups is 1. The van der Waals surface area contributed by atoms with Crippen molar-refractivity contribution < 1.29 is 14.3 Å². The van der Waals surface area contributed by atoms with Gasteiger partial charge in [-0.05, 0) is 49.4 Å². The monoisotopic (exact) mass is 410 g/mol. The van der Waals surface area contributed by atoms with E-state index in [-0.39, 0.29) is 18.7 Å². The number of carbonyl (C=O) groups excluding carboxylic acids is 1. The first-order valence-corrected chi connectivity index (χ1v) is 10.1. The van der Waals surface area contributed by atoms with Crippen LogP contribution in [0.15, 0.2) is 24.3 Å². The molecule has 1 amide bonds. The molecule has 6 heteroatoms. The Hall–Kier alpha value is -2.84. The third-order valence-electron chi connectivity index (χ3n) is 5.45. The van der Waals surface area contributed by atoms with E-state index in [1.54, 1.807) is 18.9 Å². The van der Waals surface area contributed by atoms with Crippen LogP contribution in [0.1, 0.15) is 42.6 Å². The molecule has 150 valence electrons. The van der Waals surface area contributed by atoms with Gasteiger partial charge >= 0.3 is 6.09 Å². The zero-order valence-electron chi connectivity index (χ0n) is 16.5. The molecule has 1 unspecified atom stereocenters. The number of ether oxygens (including phenoxy) is 2. The minimum Gasteiger partial charge on any atom is -0.497 e. The summed E-state index contributed by atoms with van der Waals surface area (Å²) >= 11 is 6.58. The van der Waals surface area contributed by atoms with E-state index < -0.39 is 0 Å². The third kappa shape index (κ3) is 3.61. The topological polar surface area (TPSA) is 54.6 Å². The Morgan fingerprint density at radius 2 is 2.10 bits per heavy atom. The Bertz CT molecular complexity index is 1110. The second kappa shape index (κ2) is 8.26. The van der Waals surface area contributed by atoms with Gasteiger partial charge in [-0.2, -0.15) is 0 Å². The van der Waals surface area contributed by atoms with Gasteiger partial charge < -0.3 is 14.5 Å². The molecule has 4 rings (SSSR count). The first-order valence-electron chi connectivity index (χ1n) is 9.70. The molecule has 2 aliphatic rings. The molecule has 1 aliphatic heterocycles. The molecule has 2 heterocycles. The van der Waals surface area contributed by atoms with Gasteiger partial charge in [0.25, 0.3) is 0 Å². The van der Waals surface area contributed by atoms with Crippen LogP contribution in [0, 0.1) is 11.8 Å². The summed E-state index contributed by atoms with van der Waals surface area (Å²) in [4.78, 5) is 18.2. The van der Waals surface area contributed by atoms with Crippen LogP contribution < -0.4 is 15.3 Å². The van der Waals surface area contributed by atoms with E-state index in [1.807, 2.05) is 24.3 Å². The molecule has 1 aliphatic carbocycles. The van der Waals surface area contributed by atoms with Gasteiger partial charge in [0.05, 0.1) is 7.11 Å². The van der Waals surface area contributed by atoms with E-state index in [4.69, 9.17) is 21.1 Å². The lowest BCUT2D eigenvalue weighted by atomic mass is 9.92. The van der Waals surface area contributed by atoms with Crippen LogP contribution in [0.2, 0.25) is 0 Å². The van der Waals surface area contributed by atoms with Gasteiger partial charge in [-0.15, -0.1) is 5.92 Å². The predicted molar refractivity (Wildman–Crippen MR) is 113 cm³/mol. The fourth-order valence-corrected chi connectivity index (χ4v) is 4.43. The molecule has 1 atom stereocenters. The first-order chi connectivity index (χ1) is 14.1. The standard InChI is InChI=1S/C23H23ClN2O3/c1-3-4-14-29-23(27)26-13-12-17-20-18(24)6-5-7-19(20)25-21(17)22(26)15-8-10-16(28-2)11-9-15/h7-11,22,25H,5-6,12-14H2,1-2H3. The smallest absolute Gasteiger partial charge is 0.411 e. The molecule has 0 saturated heterocycles. The molecule has 5 nitrogen and oxygen atoms in total. The number of methoxy groups -OCH3 is 1. The fourth-order valence-electron chi connectivity index (χ4n) is 4.10. The summed E-state index contributed by atoms with van der Waals surface area (Å²) in [6.45, 7) is 2.36. The minimum absolute atomic E-state index is 0.0859. The van der Waals surface area contributed by atoms with Crippen LogP contribution in [0.4, 0.5) is 4.79 Å². The zero-order valence-corrected chi connectivity index (χ0v) is 17.3. The summed E-state index contributed by atoms with van der Waals surface area (Å²) < 4.78 is 10.7. The second-order valence-corrected chi connectivity index (χ2v) is 7.51. The molecule has 1 N–H and O–H groups in total. The first kappa shape index (κ1) is 19.5. The summed E-state index contributed by atoms with van der Waals surface area (Å²) in [5.41, 5.74) is 3.18. The molecule has 0 fully saturated rings. The SMILES string of the molecule is CC#CCOC(=O)N1CCc2c([nH]c3c2=C(Cl)CCC=3)C1c1ccc(OC)cc1. The lowest BCUT2D eigenvalue weighted by Crippen LogP contribution is -2.42. The molecule has 0 saturated carbocycles. The number of nitrogens with one attached hydrogen (secondary N) is 1. The molecule has 0 spiro atoms. The van der Waals surface area contributed by atoms with Crippen molar-refractivity contribution in [2.75, 3.05) is 20.3 Å². The van der Waals surface area contributed by atoms with Gasteiger partial charge in [0.15, 0.2) is 6.61 Å². The maximum atomic E-state index is 12.9. The van der Waals surface area contributed by atoms with Crippen molar-refractivity contribution in [3.05, 3.63) is 51.7 Å². The minimum atomic E-state index is -0.370. The number of H-pyrrole nitrogens is 1. The lowest BCUT2D eigenvalue weighted by molar-refractivity contribution is 0.0991. The van der Waals surface area contributed by atoms with Gasteiger partial charge in [-0.1, -0.05) is 35.7 Å². The van der Waals surface area contributed by atoms with Crippen LogP contribution in [0.5, 0.6) is 5.75 Å². The van der Waals surface area contributed by atoms with E-state index in [1.165, 1.54) is 5.56 Å². The Morgan fingerprint density at radius 3 is 2.83 bits per heavy atom. The molecular formula is C23H23ClN2O3. The molecular weight excluding hydrogens is 388 g/mol. The van der Waals surface area contributed by atoms with Gasteiger partial charge in [0.2, 0.25) is 0 Å². The number of aromatic nitrogens is 1. The van der Waals surface area contributed by atoms with Crippen molar-refractivity contribution in [3.63, 3.8) is 0 Å². The third-order valence-corrected chi connectivity index (χ3v) is 5.83. The Morgan fingerprint density at radius 1 is 1.31 bits per heavy atom. The van der Waals surface area contributed by atoms with E-state index in [0.717, 1.165) is 51.9 Å².